The van der Waals surface area contributed by atoms with Crippen LogP contribution in [0.2, 0.25) is 0 Å². The van der Waals surface area contributed by atoms with Crippen LogP contribution in [0.5, 0.6) is 0 Å². The molecule has 0 unspecified atom stereocenters. The molecule has 9 heteroatoms. The molecule has 21 heavy (non-hydrogen) atoms. The van der Waals surface area contributed by atoms with Gasteiger partial charge in [0.1, 0.15) is 0 Å². The van der Waals surface area contributed by atoms with Gasteiger partial charge in [-0.15, -0.1) is 0 Å². The predicted octanol–water partition coefficient (Wildman–Crippen LogP) is 2.58. The molecule has 116 valence electrons. The van der Waals surface area contributed by atoms with Gasteiger partial charge in [0.2, 0.25) is 10.0 Å². The van der Waals surface area contributed by atoms with Crippen LogP contribution in [0.4, 0.5) is 13.2 Å². The van der Waals surface area contributed by atoms with E-state index in [9.17, 15) is 21.6 Å². The van der Waals surface area contributed by atoms with Gasteiger partial charge in [-0.25, -0.2) is 8.42 Å². The van der Waals surface area contributed by atoms with Crippen molar-refractivity contribution >= 4 is 26.0 Å². The Balaban J connectivity index is 2.46. The van der Waals surface area contributed by atoms with Crippen LogP contribution in [-0.2, 0) is 16.2 Å². The van der Waals surface area contributed by atoms with Crippen molar-refractivity contribution in [2.24, 2.45) is 0 Å². The van der Waals surface area contributed by atoms with Crippen molar-refractivity contribution in [3.63, 3.8) is 0 Å². The Kier molecular flexibility index (Phi) is 4.36. The summed E-state index contributed by atoms with van der Waals surface area (Å²) in [5, 5.41) is 2.89. The summed E-state index contributed by atoms with van der Waals surface area (Å²) < 4.78 is 64.4. The number of nitrogens with zero attached hydrogens (tertiary/aromatic N) is 1. The van der Waals surface area contributed by atoms with Gasteiger partial charge in [-0.2, -0.15) is 17.5 Å². The monoisotopic (exact) mass is 384 g/mol. The van der Waals surface area contributed by atoms with Crippen molar-refractivity contribution in [3.8, 4) is 0 Å². The van der Waals surface area contributed by atoms with E-state index in [0.717, 1.165) is 16.4 Å². The van der Waals surface area contributed by atoms with E-state index in [2.05, 4.69) is 27.8 Å². The normalized spacial score (nSPS) is 17.6. The molecular weight excluding hydrogens is 373 g/mol. The van der Waals surface area contributed by atoms with Crippen molar-refractivity contribution in [3.05, 3.63) is 40.5 Å². The first-order valence-electron chi connectivity index (χ1n) is 5.91. The fourth-order valence-corrected chi connectivity index (χ4v) is 4.31. The van der Waals surface area contributed by atoms with Gasteiger partial charge >= 0.3 is 6.18 Å². The van der Waals surface area contributed by atoms with Crippen molar-refractivity contribution in [1.82, 2.24) is 9.62 Å². The van der Waals surface area contributed by atoms with Gasteiger partial charge in [0, 0.05) is 23.3 Å². The van der Waals surface area contributed by atoms with E-state index >= 15 is 0 Å². The first-order valence-corrected chi connectivity index (χ1v) is 8.14. The molecule has 0 saturated carbocycles. The quantitative estimate of drug-likeness (QED) is 0.852. The average Bonchev–Trinajstić information content (AvgIpc) is 2.37. The van der Waals surface area contributed by atoms with Crippen LogP contribution in [0, 0.1) is 0 Å². The second-order valence-corrected chi connectivity index (χ2v) is 7.27. The zero-order valence-electron chi connectivity index (χ0n) is 10.7. The Labute approximate surface area is 128 Å². The maximum Gasteiger partial charge on any atom is 0.416 e. The molecule has 0 atom stereocenters. The summed E-state index contributed by atoms with van der Waals surface area (Å²) in [6.45, 7) is 4.22. The standard InChI is InChI=1S/C12H12BrF3N2O2S/c1-8-7-18(5-4-17-8)21(19,20)11-6-9(12(14,15)16)2-3-10(11)13/h2-3,6,17H,1,4-5,7H2. The van der Waals surface area contributed by atoms with E-state index in [1.807, 2.05) is 0 Å². The highest BCUT2D eigenvalue weighted by Gasteiger charge is 2.34. The fourth-order valence-electron chi connectivity index (χ4n) is 1.93. The van der Waals surface area contributed by atoms with Crippen LogP contribution >= 0.6 is 15.9 Å². The Morgan fingerprint density at radius 1 is 1.33 bits per heavy atom. The minimum atomic E-state index is -4.60. The molecule has 1 aliphatic rings. The van der Waals surface area contributed by atoms with Crippen molar-refractivity contribution in [2.75, 3.05) is 19.6 Å². The Morgan fingerprint density at radius 3 is 2.57 bits per heavy atom. The number of sulfonamides is 1. The first-order chi connectivity index (χ1) is 9.62. The van der Waals surface area contributed by atoms with Gasteiger partial charge in [-0.1, -0.05) is 6.58 Å². The SMILES string of the molecule is C=C1CN(S(=O)(=O)c2cc(C(F)(F)F)ccc2Br)CCN1. The zero-order valence-corrected chi connectivity index (χ0v) is 13.1. The molecule has 0 amide bonds. The van der Waals surface area contributed by atoms with Crippen LogP contribution in [0.1, 0.15) is 5.56 Å². The van der Waals surface area contributed by atoms with Crippen LogP contribution in [0.25, 0.3) is 0 Å². The first kappa shape index (κ1) is 16.3. The number of hydrogen-bond acceptors (Lipinski definition) is 3. The van der Waals surface area contributed by atoms with E-state index in [0.29, 0.717) is 18.3 Å². The highest BCUT2D eigenvalue weighted by atomic mass is 79.9. The maximum absolute atomic E-state index is 12.7. The molecule has 1 aromatic carbocycles. The number of halogens is 4. The third-order valence-corrected chi connectivity index (χ3v) is 5.82. The lowest BCUT2D eigenvalue weighted by Crippen LogP contribution is -2.44. The largest absolute Gasteiger partial charge is 0.416 e. The average molecular weight is 385 g/mol. The van der Waals surface area contributed by atoms with Crippen LogP contribution < -0.4 is 5.32 Å². The molecule has 0 aliphatic carbocycles. The molecule has 0 radical (unpaired) electrons. The van der Waals surface area contributed by atoms with E-state index < -0.39 is 26.7 Å². The van der Waals surface area contributed by atoms with Gasteiger partial charge in [0.15, 0.2) is 0 Å². The second-order valence-electron chi connectivity index (χ2n) is 4.51. The summed E-state index contributed by atoms with van der Waals surface area (Å²) in [7, 11) is -4.02. The molecule has 1 N–H and O–H groups in total. The lowest BCUT2D eigenvalue weighted by Gasteiger charge is -2.29. The van der Waals surface area contributed by atoms with Gasteiger partial charge in [-0.05, 0) is 34.1 Å². The third-order valence-electron chi connectivity index (χ3n) is 2.98. The van der Waals surface area contributed by atoms with Gasteiger partial charge in [0.05, 0.1) is 17.0 Å². The molecule has 1 heterocycles. The zero-order chi connectivity index (χ0) is 15.8. The molecule has 2 rings (SSSR count). The summed E-state index contributed by atoms with van der Waals surface area (Å²) in [6, 6.07) is 2.57. The van der Waals surface area contributed by atoms with Crippen LogP contribution in [0.15, 0.2) is 39.8 Å². The number of hydrogen-bond donors (Lipinski definition) is 1. The number of benzene rings is 1. The Bertz CT molecular complexity index is 674. The molecule has 0 aromatic heterocycles. The number of nitrogens with one attached hydrogen (secondary N) is 1. The minimum absolute atomic E-state index is 0.0328. The molecule has 1 aliphatic heterocycles. The number of rotatable bonds is 2. The van der Waals surface area contributed by atoms with Crippen LogP contribution in [0.3, 0.4) is 0 Å². The van der Waals surface area contributed by atoms with E-state index in [4.69, 9.17) is 0 Å². The second kappa shape index (κ2) is 5.62. The highest BCUT2D eigenvalue weighted by Crippen LogP contribution is 2.34. The molecule has 0 bridgehead atoms. The van der Waals surface area contributed by atoms with Crippen molar-refractivity contribution in [1.29, 1.82) is 0 Å². The number of alkyl halides is 3. The summed E-state index contributed by atoms with van der Waals surface area (Å²) >= 11 is 3.00. The summed E-state index contributed by atoms with van der Waals surface area (Å²) in [6.07, 6.45) is -4.60. The smallest absolute Gasteiger partial charge is 0.386 e. The van der Waals surface area contributed by atoms with Gasteiger partial charge < -0.3 is 5.32 Å². The van der Waals surface area contributed by atoms with Crippen molar-refractivity contribution < 1.29 is 21.6 Å². The summed E-state index contributed by atoms with van der Waals surface area (Å²) in [5.74, 6) is 0. The molecule has 1 fully saturated rings. The minimum Gasteiger partial charge on any atom is -0.386 e. The topological polar surface area (TPSA) is 49.4 Å². The van der Waals surface area contributed by atoms with E-state index in [1.54, 1.807) is 0 Å². The lowest BCUT2D eigenvalue weighted by atomic mass is 10.2. The third kappa shape index (κ3) is 3.41. The van der Waals surface area contributed by atoms with Crippen LogP contribution in [-0.4, -0.2) is 32.4 Å². The highest BCUT2D eigenvalue weighted by molar-refractivity contribution is 9.10. The Morgan fingerprint density at radius 2 is 2.00 bits per heavy atom. The van der Waals surface area contributed by atoms with Gasteiger partial charge in [0.25, 0.3) is 0 Å². The fraction of sp³-hybridized carbons (Fsp3) is 0.333. The summed E-state index contributed by atoms with van der Waals surface area (Å²) in [5.41, 5.74) is -0.494. The molecule has 1 saturated heterocycles. The van der Waals surface area contributed by atoms with Gasteiger partial charge in [-0.3, -0.25) is 0 Å². The van der Waals surface area contributed by atoms with Crippen molar-refractivity contribution in [2.45, 2.75) is 11.1 Å². The Hall–Kier alpha value is -1.06. The summed E-state index contributed by atoms with van der Waals surface area (Å²) in [4.78, 5) is -0.396. The van der Waals surface area contributed by atoms with E-state index in [1.165, 1.54) is 0 Å². The molecule has 1 aromatic rings. The molecular formula is C12H12BrF3N2O2S. The number of piperazine rings is 1. The van der Waals surface area contributed by atoms with E-state index in [-0.39, 0.29) is 17.6 Å². The molecule has 4 nitrogen and oxygen atoms in total. The predicted molar refractivity (Wildman–Crippen MR) is 75.0 cm³/mol. The molecule has 0 spiro atoms. The lowest BCUT2D eigenvalue weighted by molar-refractivity contribution is -0.137. The maximum atomic E-state index is 12.7.